The average molecular weight is 274 g/mol. The number of nitrogens with one attached hydrogen (secondary N) is 1. The first kappa shape index (κ1) is 12.8. The van der Waals surface area contributed by atoms with Gasteiger partial charge in [0.2, 0.25) is 0 Å². The van der Waals surface area contributed by atoms with Gasteiger partial charge in [-0.2, -0.15) is 0 Å². The predicted octanol–water partition coefficient (Wildman–Crippen LogP) is 2.11. The van der Waals surface area contributed by atoms with E-state index in [2.05, 4.69) is 19.8 Å². The first-order chi connectivity index (χ1) is 9.87. The SMILES string of the molecule is c1c[nH]c(CN2C[C@@H]3CC[C@H](C2)N(CC2CCC2)C3)n1. The lowest BCUT2D eigenvalue weighted by Crippen LogP contribution is -2.46. The summed E-state index contributed by atoms with van der Waals surface area (Å²) >= 11 is 0. The third kappa shape index (κ3) is 2.63. The zero-order valence-electron chi connectivity index (χ0n) is 12.3. The van der Waals surface area contributed by atoms with E-state index in [-0.39, 0.29) is 0 Å². The number of piperidine rings is 1. The molecule has 1 aromatic rings. The van der Waals surface area contributed by atoms with Crippen molar-refractivity contribution >= 4 is 0 Å². The largest absolute Gasteiger partial charge is 0.348 e. The van der Waals surface area contributed by atoms with Gasteiger partial charge in [0.1, 0.15) is 5.82 Å². The summed E-state index contributed by atoms with van der Waals surface area (Å²) in [6.07, 6.45) is 11.1. The molecular formula is C16H26N4. The van der Waals surface area contributed by atoms with Gasteiger partial charge >= 0.3 is 0 Å². The summed E-state index contributed by atoms with van der Waals surface area (Å²) in [4.78, 5) is 13.1. The summed E-state index contributed by atoms with van der Waals surface area (Å²) in [5.41, 5.74) is 0. The van der Waals surface area contributed by atoms with Crippen LogP contribution in [0.25, 0.3) is 0 Å². The summed E-state index contributed by atoms with van der Waals surface area (Å²) in [5.74, 6) is 3.01. The van der Waals surface area contributed by atoms with E-state index in [0.717, 1.165) is 30.2 Å². The van der Waals surface area contributed by atoms with Crippen LogP contribution in [0, 0.1) is 11.8 Å². The van der Waals surface area contributed by atoms with Crippen LogP contribution in [0.15, 0.2) is 12.4 Å². The Kier molecular flexibility index (Phi) is 3.52. The zero-order chi connectivity index (χ0) is 13.4. The molecule has 2 atom stereocenters. The average Bonchev–Trinajstić information content (AvgIpc) is 2.75. The molecule has 0 spiro atoms. The normalized spacial score (nSPS) is 32.2. The lowest BCUT2D eigenvalue weighted by molar-refractivity contribution is 0.0890. The minimum Gasteiger partial charge on any atom is -0.348 e. The van der Waals surface area contributed by atoms with E-state index in [1.807, 2.05) is 12.4 Å². The van der Waals surface area contributed by atoms with E-state index in [1.165, 1.54) is 58.3 Å². The van der Waals surface area contributed by atoms with Crippen LogP contribution in [0.1, 0.15) is 37.9 Å². The van der Waals surface area contributed by atoms with Crippen molar-refractivity contribution in [2.45, 2.75) is 44.7 Å². The third-order valence-corrected chi connectivity index (χ3v) is 5.55. The second-order valence-corrected chi connectivity index (χ2v) is 7.08. The molecule has 5 rings (SSSR count). The number of rotatable bonds is 4. The first-order valence-electron chi connectivity index (χ1n) is 8.31. The molecule has 3 aliphatic heterocycles. The molecule has 0 radical (unpaired) electrons. The van der Waals surface area contributed by atoms with Crippen LogP contribution in [0.5, 0.6) is 0 Å². The van der Waals surface area contributed by atoms with Crippen molar-refractivity contribution in [2.75, 3.05) is 26.2 Å². The molecule has 4 heteroatoms. The number of nitrogens with zero attached hydrogens (tertiary/aromatic N) is 3. The Morgan fingerprint density at radius 2 is 2.10 bits per heavy atom. The van der Waals surface area contributed by atoms with Crippen LogP contribution >= 0.6 is 0 Å². The Balaban J connectivity index is 1.40. The molecule has 1 N–H and O–H groups in total. The minimum atomic E-state index is 0.796. The van der Waals surface area contributed by atoms with Gasteiger partial charge in [-0.25, -0.2) is 4.98 Å². The lowest BCUT2D eigenvalue weighted by Gasteiger charge is -2.40. The fourth-order valence-electron chi connectivity index (χ4n) is 4.23. The van der Waals surface area contributed by atoms with Gasteiger partial charge in [-0.05, 0) is 37.5 Å². The summed E-state index contributed by atoms with van der Waals surface area (Å²) in [6.45, 7) is 6.21. The lowest BCUT2D eigenvalue weighted by atomic mass is 9.83. The number of hydrogen-bond donors (Lipinski definition) is 1. The van der Waals surface area contributed by atoms with Crippen molar-refractivity contribution in [3.05, 3.63) is 18.2 Å². The van der Waals surface area contributed by atoms with Crippen molar-refractivity contribution < 1.29 is 0 Å². The number of hydrogen-bond acceptors (Lipinski definition) is 3. The van der Waals surface area contributed by atoms with Gasteiger partial charge in [0.05, 0.1) is 6.54 Å². The Bertz CT molecular complexity index is 426. The standard InChI is InChI=1S/C16H26N4/c1-2-13(3-1)9-20-10-14-4-5-15(20)11-19(8-14)12-16-17-6-7-18-16/h6-7,13-15H,1-5,8-12H2,(H,17,18)/t14-,15+/m0/s1. The van der Waals surface area contributed by atoms with E-state index < -0.39 is 0 Å². The minimum absolute atomic E-state index is 0.796. The van der Waals surface area contributed by atoms with Gasteiger partial charge < -0.3 is 4.98 Å². The van der Waals surface area contributed by atoms with Crippen LogP contribution < -0.4 is 0 Å². The summed E-state index contributed by atoms with van der Waals surface area (Å²) in [5, 5.41) is 0. The van der Waals surface area contributed by atoms with Crippen molar-refractivity contribution in [3.8, 4) is 0 Å². The maximum Gasteiger partial charge on any atom is 0.120 e. The second kappa shape index (κ2) is 5.49. The topological polar surface area (TPSA) is 35.2 Å². The molecule has 1 aromatic heterocycles. The molecule has 4 heterocycles. The molecule has 0 aromatic carbocycles. The number of aromatic nitrogens is 2. The molecule has 110 valence electrons. The first-order valence-corrected chi connectivity index (χ1v) is 8.31. The number of H-pyrrole nitrogens is 1. The van der Waals surface area contributed by atoms with Gasteiger partial charge in [0.25, 0.3) is 0 Å². The number of imidazole rings is 1. The predicted molar refractivity (Wildman–Crippen MR) is 79.3 cm³/mol. The highest BCUT2D eigenvalue weighted by Gasteiger charge is 2.36. The van der Waals surface area contributed by atoms with E-state index in [4.69, 9.17) is 0 Å². The van der Waals surface area contributed by atoms with Gasteiger partial charge in [0, 0.05) is 44.6 Å². The smallest absolute Gasteiger partial charge is 0.120 e. The van der Waals surface area contributed by atoms with E-state index >= 15 is 0 Å². The van der Waals surface area contributed by atoms with Crippen molar-refractivity contribution in [3.63, 3.8) is 0 Å². The molecular weight excluding hydrogens is 248 g/mol. The second-order valence-electron chi connectivity index (χ2n) is 7.08. The molecule has 4 nitrogen and oxygen atoms in total. The molecule has 20 heavy (non-hydrogen) atoms. The molecule has 0 unspecified atom stereocenters. The molecule has 0 amide bonds. The van der Waals surface area contributed by atoms with Crippen LogP contribution in [-0.4, -0.2) is 52.0 Å². The van der Waals surface area contributed by atoms with Gasteiger partial charge in [0.15, 0.2) is 0 Å². The Labute approximate surface area is 121 Å². The van der Waals surface area contributed by atoms with Crippen LogP contribution in [0.4, 0.5) is 0 Å². The maximum absolute atomic E-state index is 4.39. The molecule has 2 bridgehead atoms. The van der Waals surface area contributed by atoms with Crippen molar-refractivity contribution in [1.82, 2.24) is 19.8 Å². The summed E-state index contributed by atoms with van der Waals surface area (Å²) < 4.78 is 0. The molecule has 3 saturated heterocycles. The third-order valence-electron chi connectivity index (χ3n) is 5.55. The zero-order valence-corrected chi connectivity index (χ0v) is 12.3. The highest BCUT2D eigenvalue weighted by atomic mass is 15.3. The van der Waals surface area contributed by atoms with E-state index in [9.17, 15) is 0 Å². The van der Waals surface area contributed by atoms with Crippen LogP contribution in [-0.2, 0) is 6.54 Å². The van der Waals surface area contributed by atoms with Gasteiger partial charge in [-0.3, -0.25) is 9.80 Å². The van der Waals surface area contributed by atoms with Crippen molar-refractivity contribution in [1.29, 1.82) is 0 Å². The van der Waals surface area contributed by atoms with E-state index in [0.29, 0.717) is 0 Å². The summed E-state index contributed by atoms with van der Waals surface area (Å²) in [6, 6.07) is 0.796. The highest BCUT2D eigenvalue weighted by molar-refractivity contribution is 4.94. The molecule has 1 aliphatic carbocycles. The molecule has 4 fully saturated rings. The number of aromatic amines is 1. The van der Waals surface area contributed by atoms with Crippen LogP contribution in [0.3, 0.4) is 0 Å². The maximum atomic E-state index is 4.39. The Morgan fingerprint density at radius 3 is 2.85 bits per heavy atom. The van der Waals surface area contributed by atoms with Crippen LogP contribution in [0.2, 0.25) is 0 Å². The fraction of sp³-hybridized carbons (Fsp3) is 0.812. The van der Waals surface area contributed by atoms with Gasteiger partial charge in [-0.1, -0.05) is 6.42 Å². The fourth-order valence-corrected chi connectivity index (χ4v) is 4.23. The summed E-state index contributed by atoms with van der Waals surface area (Å²) in [7, 11) is 0. The van der Waals surface area contributed by atoms with E-state index in [1.54, 1.807) is 0 Å². The number of fused-ring (bicyclic) bond motifs is 4. The Morgan fingerprint density at radius 1 is 1.15 bits per heavy atom. The highest BCUT2D eigenvalue weighted by Crippen LogP contribution is 2.33. The Hall–Kier alpha value is -0.870. The molecule has 4 aliphatic rings. The molecule has 1 saturated carbocycles. The van der Waals surface area contributed by atoms with Crippen molar-refractivity contribution in [2.24, 2.45) is 11.8 Å². The monoisotopic (exact) mass is 274 g/mol. The quantitative estimate of drug-likeness (QED) is 0.913. The van der Waals surface area contributed by atoms with Gasteiger partial charge in [-0.15, -0.1) is 0 Å².